The van der Waals surface area contributed by atoms with Crippen LogP contribution in [0.3, 0.4) is 0 Å². The van der Waals surface area contributed by atoms with Crippen LogP contribution in [0.4, 0.5) is 5.69 Å². The molecule has 1 rings (SSSR count). The predicted octanol–water partition coefficient (Wildman–Crippen LogP) is 0.625. The van der Waals surface area contributed by atoms with Gasteiger partial charge in [0, 0.05) is 12.2 Å². The maximum atomic E-state index is 12.2. The van der Waals surface area contributed by atoms with Gasteiger partial charge in [0.05, 0.1) is 25.5 Å². The third kappa shape index (κ3) is 7.63. The van der Waals surface area contributed by atoms with Crippen molar-refractivity contribution in [2.75, 3.05) is 52.4 Å². The first-order valence-corrected chi connectivity index (χ1v) is 9.56. The van der Waals surface area contributed by atoms with Crippen molar-refractivity contribution in [3.05, 3.63) is 29.8 Å². The van der Waals surface area contributed by atoms with Gasteiger partial charge in [-0.1, -0.05) is 6.07 Å². The van der Waals surface area contributed by atoms with Crippen LogP contribution in [0, 0.1) is 0 Å². The number of ether oxygens (including phenoxy) is 1. The predicted molar refractivity (Wildman–Crippen MR) is 96.0 cm³/mol. The van der Waals surface area contributed by atoms with Gasteiger partial charge >= 0.3 is 5.97 Å². The lowest BCUT2D eigenvalue weighted by atomic mass is 10.2. The zero-order valence-electron chi connectivity index (χ0n) is 15.0. The van der Waals surface area contributed by atoms with Crippen LogP contribution in [-0.2, 0) is 19.6 Å². The van der Waals surface area contributed by atoms with E-state index in [0.29, 0.717) is 17.7 Å². The number of nitrogens with zero attached hydrogens (tertiary/aromatic N) is 2. The van der Waals surface area contributed by atoms with E-state index in [4.69, 9.17) is 0 Å². The lowest BCUT2D eigenvalue weighted by Gasteiger charge is -2.20. The fourth-order valence-electron chi connectivity index (χ4n) is 2.13. The number of carbonyl (C=O) groups is 2. The highest BCUT2D eigenvalue weighted by Crippen LogP contribution is 2.12. The highest BCUT2D eigenvalue weighted by atomic mass is 32.2. The first kappa shape index (κ1) is 21.1. The van der Waals surface area contributed by atoms with Gasteiger partial charge in [0.2, 0.25) is 15.9 Å². The number of benzene rings is 1. The molecule has 9 heteroatoms. The molecule has 0 atom stereocenters. The molecule has 25 heavy (non-hydrogen) atoms. The summed E-state index contributed by atoms with van der Waals surface area (Å²) in [6.07, 6.45) is 1.69. The van der Waals surface area contributed by atoms with Crippen molar-refractivity contribution in [3.8, 4) is 0 Å². The van der Waals surface area contributed by atoms with Crippen molar-refractivity contribution in [2.24, 2.45) is 0 Å². The Hall–Kier alpha value is -1.97. The number of methoxy groups -OCH3 is 1. The van der Waals surface area contributed by atoms with Crippen LogP contribution in [-0.4, -0.2) is 76.6 Å². The summed E-state index contributed by atoms with van der Waals surface area (Å²) in [5.74, 6) is -0.991. The van der Waals surface area contributed by atoms with Crippen LogP contribution in [0.2, 0.25) is 0 Å². The van der Waals surface area contributed by atoms with Crippen molar-refractivity contribution in [1.29, 1.82) is 0 Å². The minimum Gasteiger partial charge on any atom is -0.465 e. The second-order valence-electron chi connectivity index (χ2n) is 5.87. The summed E-state index contributed by atoms with van der Waals surface area (Å²) in [5.41, 5.74) is 0.695. The number of hydrogen-bond donors (Lipinski definition) is 1. The molecule has 1 N–H and O–H groups in total. The highest BCUT2D eigenvalue weighted by Gasteiger charge is 2.20. The highest BCUT2D eigenvalue weighted by molar-refractivity contribution is 7.88. The van der Waals surface area contributed by atoms with Gasteiger partial charge in [0.15, 0.2) is 0 Å². The summed E-state index contributed by atoms with van der Waals surface area (Å²) in [7, 11) is 1.56. The van der Waals surface area contributed by atoms with Gasteiger partial charge in [-0.2, -0.15) is 4.31 Å². The molecule has 0 unspecified atom stereocenters. The van der Waals surface area contributed by atoms with Crippen molar-refractivity contribution in [3.63, 3.8) is 0 Å². The standard InChI is InChI=1S/C16H25N3O5S/c1-18(2)9-6-10-19(25(4,22)23)12-15(20)17-14-8-5-7-13(11-14)16(21)24-3/h5,7-8,11H,6,9-10,12H2,1-4H3,(H,17,20). The van der Waals surface area contributed by atoms with Gasteiger partial charge in [0.1, 0.15) is 0 Å². The molecule has 0 spiro atoms. The van der Waals surface area contributed by atoms with E-state index in [9.17, 15) is 18.0 Å². The Morgan fingerprint density at radius 2 is 1.88 bits per heavy atom. The number of nitrogens with one attached hydrogen (secondary N) is 1. The van der Waals surface area contributed by atoms with Gasteiger partial charge < -0.3 is 15.0 Å². The molecule has 0 aromatic heterocycles. The van der Waals surface area contributed by atoms with Crippen molar-refractivity contribution in [2.45, 2.75) is 6.42 Å². The summed E-state index contributed by atoms with van der Waals surface area (Å²) in [4.78, 5) is 25.6. The average molecular weight is 371 g/mol. The summed E-state index contributed by atoms with van der Waals surface area (Å²) >= 11 is 0. The normalized spacial score (nSPS) is 11.6. The molecular formula is C16H25N3O5S. The van der Waals surface area contributed by atoms with Gasteiger partial charge in [0.25, 0.3) is 0 Å². The molecule has 0 radical (unpaired) electrons. The Bertz CT molecular complexity index is 703. The first-order chi connectivity index (χ1) is 11.6. The number of sulfonamides is 1. The monoisotopic (exact) mass is 371 g/mol. The second-order valence-corrected chi connectivity index (χ2v) is 7.86. The van der Waals surface area contributed by atoms with E-state index < -0.39 is 21.9 Å². The summed E-state index contributed by atoms with van der Waals surface area (Å²) < 4.78 is 29.5. The van der Waals surface area contributed by atoms with Crippen LogP contribution >= 0.6 is 0 Å². The Morgan fingerprint density at radius 1 is 1.20 bits per heavy atom. The first-order valence-electron chi connectivity index (χ1n) is 7.71. The van der Waals surface area contributed by atoms with Gasteiger partial charge in [-0.3, -0.25) is 4.79 Å². The van der Waals surface area contributed by atoms with Crippen molar-refractivity contribution >= 4 is 27.6 Å². The van der Waals surface area contributed by atoms with E-state index in [-0.39, 0.29) is 13.1 Å². The molecule has 0 aliphatic rings. The molecule has 8 nitrogen and oxygen atoms in total. The van der Waals surface area contributed by atoms with Crippen LogP contribution in [0.15, 0.2) is 24.3 Å². The summed E-state index contributed by atoms with van der Waals surface area (Å²) in [6, 6.07) is 6.25. The fraction of sp³-hybridized carbons (Fsp3) is 0.500. The van der Waals surface area contributed by atoms with Crippen molar-refractivity contribution < 1.29 is 22.7 Å². The molecule has 0 aliphatic carbocycles. The van der Waals surface area contributed by atoms with E-state index in [1.807, 2.05) is 19.0 Å². The maximum absolute atomic E-state index is 12.2. The average Bonchev–Trinajstić information content (AvgIpc) is 2.52. The Labute approximate surface area is 148 Å². The quantitative estimate of drug-likeness (QED) is 0.640. The van der Waals surface area contributed by atoms with Gasteiger partial charge in [-0.25, -0.2) is 13.2 Å². The molecule has 1 aromatic carbocycles. The fourth-order valence-corrected chi connectivity index (χ4v) is 2.94. The van der Waals surface area contributed by atoms with Crippen LogP contribution < -0.4 is 5.32 Å². The van der Waals surface area contributed by atoms with Crippen LogP contribution in [0.5, 0.6) is 0 Å². The van der Waals surface area contributed by atoms with Gasteiger partial charge in [-0.15, -0.1) is 0 Å². The number of anilines is 1. The lowest BCUT2D eigenvalue weighted by Crippen LogP contribution is -2.38. The second kappa shape index (κ2) is 9.50. The summed E-state index contributed by atoms with van der Waals surface area (Å²) in [6.45, 7) is 0.691. The molecular weight excluding hydrogens is 346 g/mol. The topological polar surface area (TPSA) is 96.0 Å². The molecule has 1 amide bonds. The van der Waals surface area contributed by atoms with Crippen LogP contribution in [0.25, 0.3) is 0 Å². The molecule has 0 saturated heterocycles. The zero-order chi connectivity index (χ0) is 19.0. The largest absolute Gasteiger partial charge is 0.465 e. The minimum absolute atomic E-state index is 0.257. The maximum Gasteiger partial charge on any atom is 0.337 e. The van der Waals surface area contributed by atoms with Gasteiger partial charge in [-0.05, 0) is 45.3 Å². The van der Waals surface area contributed by atoms with Crippen molar-refractivity contribution in [1.82, 2.24) is 9.21 Å². The third-order valence-electron chi connectivity index (χ3n) is 3.37. The van der Waals surface area contributed by atoms with E-state index in [2.05, 4.69) is 10.1 Å². The number of rotatable bonds is 9. The Kier molecular flexibility index (Phi) is 8.01. The SMILES string of the molecule is COC(=O)c1cccc(NC(=O)CN(CCCN(C)C)S(C)(=O)=O)c1. The van der Waals surface area contributed by atoms with E-state index in [1.165, 1.54) is 13.2 Å². The number of hydrogen-bond acceptors (Lipinski definition) is 6. The molecule has 0 bridgehead atoms. The Balaban J connectivity index is 2.73. The van der Waals surface area contributed by atoms with E-state index >= 15 is 0 Å². The number of esters is 1. The van der Waals surface area contributed by atoms with E-state index in [0.717, 1.165) is 17.1 Å². The minimum atomic E-state index is -3.50. The third-order valence-corrected chi connectivity index (χ3v) is 4.62. The smallest absolute Gasteiger partial charge is 0.337 e. The molecule has 0 aliphatic heterocycles. The molecule has 0 saturated carbocycles. The Morgan fingerprint density at radius 3 is 2.44 bits per heavy atom. The molecule has 0 heterocycles. The number of amides is 1. The number of carbonyl (C=O) groups excluding carboxylic acids is 2. The summed E-state index contributed by atoms with van der Waals surface area (Å²) in [5, 5.41) is 2.60. The molecule has 1 aromatic rings. The van der Waals surface area contributed by atoms with Crippen LogP contribution in [0.1, 0.15) is 16.8 Å². The zero-order valence-corrected chi connectivity index (χ0v) is 15.8. The molecule has 140 valence electrons. The van der Waals surface area contributed by atoms with E-state index in [1.54, 1.807) is 18.2 Å². The lowest BCUT2D eigenvalue weighted by molar-refractivity contribution is -0.116. The molecule has 0 fully saturated rings.